The molecule has 1 aromatic carbocycles. The van der Waals surface area contributed by atoms with Gasteiger partial charge < -0.3 is 15.1 Å². The van der Waals surface area contributed by atoms with Crippen LogP contribution in [0.25, 0.3) is 0 Å². The number of amides is 3. The Hall–Kier alpha value is -2.37. The number of nitrogens with one attached hydrogen (secondary N) is 1. The van der Waals surface area contributed by atoms with Crippen molar-refractivity contribution in [1.29, 1.82) is 0 Å². The van der Waals surface area contributed by atoms with Gasteiger partial charge in [0, 0.05) is 37.8 Å². The number of hydrogen-bond acceptors (Lipinski definition) is 3. The summed E-state index contributed by atoms with van der Waals surface area (Å²) in [6.45, 7) is 2.72. The first kappa shape index (κ1) is 17.1. The molecular weight excluding hydrogens is 330 g/mol. The number of carbonyl (C=O) groups excluding carboxylic acids is 3. The second-order valence-electron chi connectivity index (χ2n) is 7.58. The maximum Gasteiger partial charge on any atom is 0.228 e. The van der Waals surface area contributed by atoms with Gasteiger partial charge in [0.05, 0.1) is 12.8 Å². The average molecular weight is 355 g/mol. The summed E-state index contributed by atoms with van der Waals surface area (Å²) in [5, 5.41) is 2.81. The summed E-state index contributed by atoms with van der Waals surface area (Å²) in [6, 6.07) is 5.74. The molecule has 4 rings (SSSR count). The predicted octanol–water partition coefficient (Wildman–Crippen LogP) is 1.58. The van der Waals surface area contributed by atoms with Gasteiger partial charge >= 0.3 is 0 Å². The topological polar surface area (TPSA) is 69.7 Å². The summed E-state index contributed by atoms with van der Waals surface area (Å²) >= 11 is 0. The van der Waals surface area contributed by atoms with Crippen molar-refractivity contribution in [2.75, 3.05) is 31.5 Å². The van der Waals surface area contributed by atoms with Crippen molar-refractivity contribution in [2.24, 2.45) is 5.92 Å². The lowest BCUT2D eigenvalue weighted by Gasteiger charge is -2.31. The van der Waals surface area contributed by atoms with E-state index in [9.17, 15) is 14.4 Å². The first-order chi connectivity index (χ1) is 12.6. The van der Waals surface area contributed by atoms with Gasteiger partial charge in [-0.3, -0.25) is 14.4 Å². The van der Waals surface area contributed by atoms with Gasteiger partial charge in [-0.2, -0.15) is 0 Å². The quantitative estimate of drug-likeness (QED) is 0.895. The molecule has 6 heteroatoms. The van der Waals surface area contributed by atoms with E-state index in [-0.39, 0.29) is 23.6 Å². The molecule has 0 atom stereocenters. The van der Waals surface area contributed by atoms with Crippen molar-refractivity contribution < 1.29 is 14.4 Å². The van der Waals surface area contributed by atoms with Crippen molar-refractivity contribution >= 4 is 23.4 Å². The highest BCUT2D eigenvalue weighted by Crippen LogP contribution is 2.28. The van der Waals surface area contributed by atoms with Crippen LogP contribution in [0.15, 0.2) is 18.2 Å². The zero-order chi connectivity index (χ0) is 18.1. The number of fused-ring (bicyclic) bond motifs is 1. The number of anilines is 1. The van der Waals surface area contributed by atoms with E-state index in [1.54, 1.807) is 0 Å². The fourth-order valence-electron chi connectivity index (χ4n) is 3.98. The number of benzene rings is 1. The van der Waals surface area contributed by atoms with E-state index < -0.39 is 0 Å². The summed E-state index contributed by atoms with van der Waals surface area (Å²) < 4.78 is 0. The Balaban J connectivity index is 1.34. The van der Waals surface area contributed by atoms with Gasteiger partial charge in [-0.05, 0) is 36.5 Å². The van der Waals surface area contributed by atoms with Gasteiger partial charge in [-0.25, -0.2) is 0 Å². The Bertz CT molecular complexity index is 742. The molecule has 1 N–H and O–H groups in total. The van der Waals surface area contributed by atoms with Crippen molar-refractivity contribution in [3.05, 3.63) is 29.3 Å². The molecule has 26 heavy (non-hydrogen) atoms. The molecule has 3 aliphatic rings. The minimum Gasteiger partial charge on any atom is -0.341 e. The second-order valence-corrected chi connectivity index (χ2v) is 7.58. The standard InChI is InChI=1S/C20H25N3O3/c24-18-13-16-11-14(5-6-17(16)21-18)12-19(25)22-7-2-8-23(10-9-22)20(26)15-3-1-4-15/h5-6,11,15H,1-4,7-10,12-13H2,(H,21,24). The highest BCUT2D eigenvalue weighted by Gasteiger charge is 2.31. The lowest BCUT2D eigenvalue weighted by molar-refractivity contribution is -0.138. The number of hydrogen-bond donors (Lipinski definition) is 1. The maximum atomic E-state index is 12.7. The molecule has 2 heterocycles. The molecule has 0 unspecified atom stereocenters. The van der Waals surface area contributed by atoms with Crippen LogP contribution in [0, 0.1) is 5.92 Å². The first-order valence-corrected chi connectivity index (χ1v) is 9.58. The molecule has 0 spiro atoms. The Morgan fingerprint density at radius 2 is 1.81 bits per heavy atom. The zero-order valence-electron chi connectivity index (χ0n) is 15.0. The average Bonchev–Trinajstić information content (AvgIpc) is 2.78. The van der Waals surface area contributed by atoms with Crippen LogP contribution in [0.2, 0.25) is 0 Å². The van der Waals surface area contributed by atoms with Gasteiger partial charge in [0.25, 0.3) is 0 Å². The Morgan fingerprint density at radius 1 is 1.04 bits per heavy atom. The molecular formula is C20H25N3O3. The monoisotopic (exact) mass is 355 g/mol. The minimum absolute atomic E-state index is 0.00668. The van der Waals surface area contributed by atoms with Crippen molar-refractivity contribution in [3.8, 4) is 0 Å². The SMILES string of the molecule is O=C1Cc2cc(CC(=O)N3CCCN(C(=O)C4CCC4)CC3)ccc2N1. The summed E-state index contributed by atoms with van der Waals surface area (Å²) in [7, 11) is 0. The van der Waals surface area contributed by atoms with Crippen LogP contribution >= 0.6 is 0 Å². The van der Waals surface area contributed by atoms with Crippen molar-refractivity contribution in [1.82, 2.24) is 9.80 Å². The molecule has 1 aromatic rings. The summed E-state index contributed by atoms with van der Waals surface area (Å²) in [5.74, 6) is 0.605. The predicted molar refractivity (Wildman–Crippen MR) is 97.6 cm³/mol. The third-order valence-electron chi connectivity index (χ3n) is 5.76. The molecule has 0 bridgehead atoms. The van der Waals surface area contributed by atoms with E-state index in [1.165, 1.54) is 0 Å². The van der Waals surface area contributed by atoms with E-state index >= 15 is 0 Å². The van der Waals surface area contributed by atoms with Crippen LogP contribution in [-0.4, -0.2) is 53.7 Å². The Kier molecular flexibility index (Phi) is 4.66. The highest BCUT2D eigenvalue weighted by molar-refractivity contribution is 5.99. The lowest BCUT2D eigenvalue weighted by atomic mass is 9.84. The zero-order valence-corrected chi connectivity index (χ0v) is 15.0. The van der Waals surface area contributed by atoms with Crippen LogP contribution in [0.4, 0.5) is 5.69 Å². The van der Waals surface area contributed by atoms with Crippen LogP contribution in [-0.2, 0) is 27.2 Å². The van der Waals surface area contributed by atoms with Crippen LogP contribution < -0.4 is 5.32 Å². The highest BCUT2D eigenvalue weighted by atomic mass is 16.2. The molecule has 138 valence electrons. The van der Waals surface area contributed by atoms with E-state index in [1.807, 2.05) is 28.0 Å². The molecule has 1 saturated heterocycles. The number of carbonyl (C=O) groups is 3. The van der Waals surface area contributed by atoms with E-state index in [0.29, 0.717) is 32.5 Å². The van der Waals surface area contributed by atoms with Gasteiger partial charge in [0.2, 0.25) is 17.7 Å². The molecule has 6 nitrogen and oxygen atoms in total. The van der Waals surface area contributed by atoms with Gasteiger partial charge in [0.15, 0.2) is 0 Å². The summed E-state index contributed by atoms with van der Waals surface area (Å²) in [6.07, 6.45) is 4.78. The van der Waals surface area contributed by atoms with Gasteiger partial charge in [-0.1, -0.05) is 18.6 Å². The Morgan fingerprint density at radius 3 is 2.58 bits per heavy atom. The summed E-state index contributed by atoms with van der Waals surface area (Å²) in [4.78, 5) is 40.4. The van der Waals surface area contributed by atoms with E-state index in [0.717, 1.165) is 49.0 Å². The third-order valence-corrected chi connectivity index (χ3v) is 5.76. The summed E-state index contributed by atoms with van der Waals surface area (Å²) in [5.41, 5.74) is 2.76. The van der Waals surface area contributed by atoms with Crippen molar-refractivity contribution in [2.45, 2.75) is 38.5 Å². The Labute approximate surface area is 153 Å². The molecule has 2 aliphatic heterocycles. The van der Waals surface area contributed by atoms with E-state index in [2.05, 4.69) is 5.32 Å². The normalized spacial score (nSPS) is 20.2. The van der Waals surface area contributed by atoms with Crippen LogP contribution in [0.5, 0.6) is 0 Å². The largest absolute Gasteiger partial charge is 0.341 e. The molecule has 3 amide bonds. The molecule has 0 aromatic heterocycles. The molecule has 2 fully saturated rings. The fraction of sp³-hybridized carbons (Fsp3) is 0.550. The molecule has 0 radical (unpaired) electrons. The number of nitrogens with zero attached hydrogens (tertiary/aromatic N) is 2. The first-order valence-electron chi connectivity index (χ1n) is 9.58. The fourth-order valence-corrected chi connectivity index (χ4v) is 3.98. The number of rotatable bonds is 3. The van der Waals surface area contributed by atoms with Crippen LogP contribution in [0.3, 0.4) is 0 Å². The van der Waals surface area contributed by atoms with Crippen molar-refractivity contribution in [3.63, 3.8) is 0 Å². The minimum atomic E-state index is 0.00668. The second kappa shape index (κ2) is 7.09. The van der Waals surface area contributed by atoms with E-state index in [4.69, 9.17) is 0 Å². The molecule has 1 saturated carbocycles. The third kappa shape index (κ3) is 3.45. The molecule has 1 aliphatic carbocycles. The van der Waals surface area contributed by atoms with Gasteiger partial charge in [0.1, 0.15) is 0 Å². The maximum absolute atomic E-state index is 12.7. The van der Waals surface area contributed by atoms with Crippen LogP contribution in [0.1, 0.15) is 36.8 Å². The smallest absolute Gasteiger partial charge is 0.228 e. The van der Waals surface area contributed by atoms with Gasteiger partial charge in [-0.15, -0.1) is 0 Å². The lowest BCUT2D eigenvalue weighted by Crippen LogP contribution is -2.41.